The van der Waals surface area contributed by atoms with Crippen LogP contribution in [0.2, 0.25) is 0 Å². The van der Waals surface area contributed by atoms with Gasteiger partial charge < -0.3 is 20.3 Å². The molecule has 1 heterocycles. The van der Waals surface area contributed by atoms with Gasteiger partial charge in [-0.25, -0.2) is 0 Å². The van der Waals surface area contributed by atoms with E-state index in [-0.39, 0.29) is 17.2 Å². The first-order valence-corrected chi connectivity index (χ1v) is 13.9. The molecule has 0 aliphatic heterocycles. The number of amides is 1. The Hall–Kier alpha value is -4.77. The molecule has 0 spiro atoms. The van der Waals surface area contributed by atoms with Gasteiger partial charge in [-0.15, -0.1) is 0 Å². The number of aromatic nitrogens is 1. The number of benzene rings is 5. The normalized spacial score (nSPS) is 11.3. The van der Waals surface area contributed by atoms with Crippen LogP contribution < -0.4 is 10.2 Å². The van der Waals surface area contributed by atoms with Crippen molar-refractivity contribution in [2.45, 2.75) is 26.7 Å². The van der Waals surface area contributed by atoms with E-state index in [9.17, 15) is 9.90 Å². The van der Waals surface area contributed by atoms with Gasteiger partial charge >= 0.3 is 0 Å². The van der Waals surface area contributed by atoms with Gasteiger partial charge in [0.25, 0.3) is 5.91 Å². The predicted octanol–water partition coefficient (Wildman–Crippen LogP) is 8.06. The molecule has 6 aromatic rings. The molecule has 5 aromatic carbocycles. The zero-order chi connectivity index (χ0) is 27.6. The smallest absolute Gasteiger partial charge is 0.259 e. The van der Waals surface area contributed by atoms with Crippen molar-refractivity contribution in [3.63, 3.8) is 0 Å². The fourth-order valence-corrected chi connectivity index (χ4v) is 5.57. The van der Waals surface area contributed by atoms with Gasteiger partial charge in [0, 0.05) is 46.1 Å². The Bertz CT molecular complexity index is 1810. The van der Waals surface area contributed by atoms with Gasteiger partial charge in [-0.2, -0.15) is 0 Å². The fourth-order valence-electron chi connectivity index (χ4n) is 5.57. The predicted molar refractivity (Wildman–Crippen MR) is 167 cm³/mol. The van der Waals surface area contributed by atoms with Crippen molar-refractivity contribution >= 4 is 49.9 Å². The van der Waals surface area contributed by atoms with E-state index in [1.807, 2.05) is 48.5 Å². The first kappa shape index (κ1) is 25.5. The Morgan fingerprint density at radius 3 is 2.15 bits per heavy atom. The maximum absolute atomic E-state index is 13.1. The Kier molecular flexibility index (Phi) is 6.87. The number of aromatic amines is 1. The van der Waals surface area contributed by atoms with Crippen LogP contribution in [0, 0.1) is 0 Å². The van der Waals surface area contributed by atoms with Gasteiger partial charge in [-0.3, -0.25) is 4.79 Å². The minimum atomic E-state index is -0.336. The maximum Gasteiger partial charge on any atom is 0.259 e. The number of para-hydroxylation sites is 1. The maximum atomic E-state index is 13.1. The van der Waals surface area contributed by atoms with E-state index in [1.165, 1.54) is 16.8 Å². The summed E-state index contributed by atoms with van der Waals surface area (Å²) < 4.78 is 0. The SMILES string of the molecule is CCN(CC)c1ccc(CCc2ccc(NC(=O)c3cc4ccc5c6ccccc6[nH]c5c4cc3O)cc2)cc1. The standard InChI is InChI=1S/C35H33N3O2/c1-3-38(4-2)27-18-13-24(14-19-27)10-9-23-11-16-26(17-12-23)36-35(40)31-21-25-15-20-29-28-7-5-6-8-32(28)37-34(29)30(25)22-33(31)39/h5-8,11-22,37,39H,3-4,9-10H2,1-2H3,(H,36,40). The number of aryl methyl sites for hydroxylation is 2. The van der Waals surface area contributed by atoms with Crippen molar-refractivity contribution in [3.05, 3.63) is 114 Å². The number of rotatable bonds is 8. The summed E-state index contributed by atoms with van der Waals surface area (Å²) in [6.45, 7) is 6.37. The summed E-state index contributed by atoms with van der Waals surface area (Å²) in [4.78, 5) is 18.9. The molecule has 5 heteroatoms. The summed E-state index contributed by atoms with van der Waals surface area (Å²) in [6.07, 6.45) is 1.88. The first-order chi connectivity index (χ1) is 19.5. The molecule has 0 radical (unpaired) electrons. The second kappa shape index (κ2) is 10.8. The number of carbonyl (C=O) groups is 1. The van der Waals surface area contributed by atoms with Crippen molar-refractivity contribution in [2.75, 3.05) is 23.3 Å². The number of phenolic OH excluding ortho intramolecular Hbond substituents is 1. The highest BCUT2D eigenvalue weighted by molar-refractivity contribution is 6.18. The average molecular weight is 528 g/mol. The second-order valence-corrected chi connectivity index (χ2v) is 10.2. The lowest BCUT2D eigenvalue weighted by Crippen LogP contribution is -2.21. The highest BCUT2D eigenvalue weighted by Crippen LogP contribution is 2.34. The van der Waals surface area contributed by atoms with E-state index >= 15 is 0 Å². The van der Waals surface area contributed by atoms with E-state index in [0.717, 1.165) is 58.5 Å². The lowest BCUT2D eigenvalue weighted by atomic mass is 10.0. The van der Waals surface area contributed by atoms with E-state index < -0.39 is 0 Å². The molecule has 0 atom stereocenters. The minimum Gasteiger partial charge on any atom is -0.507 e. The Morgan fingerprint density at radius 2 is 1.45 bits per heavy atom. The lowest BCUT2D eigenvalue weighted by Gasteiger charge is -2.21. The van der Waals surface area contributed by atoms with E-state index in [2.05, 4.69) is 65.4 Å². The van der Waals surface area contributed by atoms with Crippen LogP contribution in [0.1, 0.15) is 35.3 Å². The molecule has 0 bridgehead atoms. The zero-order valence-corrected chi connectivity index (χ0v) is 22.9. The van der Waals surface area contributed by atoms with Crippen LogP contribution in [0.15, 0.2) is 97.1 Å². The van der Waals surface area contributed by atoms with Crippen molar-refractivity contribution in [1.82, 2.24) is 4.98 Å². The lowest BCUT2D eigenvalue weighted by molar-refractivity contribution is 0.102. The van der Waals surface area contributed by atoms with Crippen LogP contribution in [0.5, 0.6) is 5.75 Å². The fraction of sp³-hybridized carbons (Fsp3) is 0.171. The molecule has 0 aliphatic carbocycles. The van der Waals surface area contributed by atoms with Crippen LogP contribution in [-0.4, -0.2) is 29.1 Å². The summed E-state index contributed by atoms with van der Waals surface area (Å²) in [5, 5.41) is 17.8. The van der Waals surface area contributed by atoms with E-state index in [1.54, 1.807) is 12.1 Å². The molecule has 1 aromatic heterocycles. The van der Waals surface area contributed by atoms with Crippen molar-refractivity contribution in [3.8, 4) is 5.75 Å². The number of phenols is 1. The molecule has 0 saturated carbocycles. The molecule has 0 aliphatic rings. The van der Waals surface area contributed by atoms with Gasteiger partial charge in [0.15, 0.2) is 0 Å². The van der Waals surface area contributed by atoms with Crippen LogP contribution in [0.3, 0.4) is 0 Å². The molecule has 0 unspecified atom stereocenters. The topological polar surface area (TPSA) is 68.4 Å². The van der Waals surface area contributed by atoms with Crippen molar-refractivity contribution < 1.29 is 9.90 Å². The summed E-state index contributed by atoms with van der Waals surface area (Å²) >= 11 is 0. The van der Waals surface area contributed by atoms with E-state index in [0.29, 0.717) is 5.69 Å². The summed E-state index contributed by atoms with van der Waals surface area (Å²) in [5.74, 6) is -0.378. The van der Waals surface area contributed by atoms with Crippen LogP contribution in [-0.2, 0) is 12.8 Å². The first-order valence-electron chi connectivity index (χ1n) is 13.9. The number of H-pyrrole nitrogens is 1. The van der Waals surface area contributed by atoms with Crippen LogP contribution in [0.4, 0.5) is 11.4 Å². The third kappa shape index (κ3) is 4.87. The van der Waals surface area contributed by atoms with Gasteiger partial charge in [-0.1, -0.05) is 54.6 Å². The molecule has 200 valence electrons. The monoisotopic (exact) mass is 527 g/mol. The molecule has 0 saturated heterocycles. The number of aromatic hydroxyl groups is 1. The summed E-state index contributed by atoms with van der Waals surface area (Å²) in [5.41, 5.74) is 6.73. The van der Waals surface area contributed by atoms with Crippen molar-refractivity contribution in [1.29, 1.82) is 0 Å². The number of carbonyl (C=O) groups excluding carboxylic acids is 1. The average Bonchev–Trinajstić information content (AvgIpc) is 3.37. The highest BCUT2D eigenvalue weighted by Gasteiger charge is 2.15. The third-order valence-electron chi connectivity index (χ3n) is 7.84. The van der Waals surface area contributed by atoms with E-state index in [4.69, 9.17) is 0 Å². The number of anilines is 2. The van der Waals surface area contributed by atoms with Gasteiger partial charge in [0.2, 0.25) is 0 Å². The molecule has 40 heavy (non-hydrogen) atoms. The van der Waals surface area contributed by atoms with Crippen LogP contribution >= 0.6 is 0 Å². The minimum absolute atomic E-state index is 0.0419. The molecule has 6 rings (SSSR count). The Labute approximate surface area is 234 Å². The number of nitrogens with zero attached hydrogens (tertiary/aromatic N) is 1. The summed E-state index contributed by atoms with van der Waals surface area (Å²) in [7, 11) is 0. The number of hydrogen-bond acceptors (Lipinski definition) is 3. The highest BCUT2D eigenvalue weighted by atomic mass is 16.3. The number of fused-ring (bicyclic) bond motifs is 5. The third-order valence-corrected chi connectivity index (χ3v) is 7.84. The molecular formula is C35H33N3O2. The van der Waals surface area contributed by atoms with Crippen molar-refractivity contribution in [2.24, 2.45) is 0 Å². The molecular weight excluding hydrogens is 494 g/mol. The largest absolute Gasteiger partial charge is 0.507 e. The van der Waals surface area contributed by atoms with Gasteiger partial charge in [0.05, 0.1) is 11.1 Å². The zero-order valence-electron chi connectivity index (χ0n) is 22.9. The quantitative estimate of drug-likeness (QED) is 0.187. The Balaban J connectivity index is 1.14. The van der Waals surface area contributed by atoms with Gasteiger partial charge in [0.1, 0.15) is 5.75 Å². The molecule has 3 N–H and O–H groups in total. The second-order valence-electron chi connectivity index (χ2n) is 10.2. The Morgan fingerprint density at radius 1 is 0.775 bits per heavy atom. The number of nitrogens with one attached hydrogen (secondary N) is 2. The van der Waals surface area contributed by atoms with Gasteiger partial charge in [-0.05, 0) is 85.7 Å². The number of hydrogen-bond donors (Lipinski definition) is 3. The van der Waals surface area contributed by atoms with Crippen LogP contribution in [0.25, 0.3) is 32.6 Å². The molecule has 0 fully saturated rings. The summed E-state index contributed by atoms with van der Waals surface area (Å²) in [6, 6.07) is 32.4. The molecule has 5 nitrogen and oxygen atoms in total. The molecule has 1 amide bonds.